The second-order valence-electron chi connectivity index (χ2n) is 7.61. The van der Waals surface area contributed by atoms with Crippen molar-refractivity contribution in [2.75, 3.05) is 9.96 Å². The molecule has 0 spiro atoms. The van der Waals surface area contributed by atoms with Crippen molar-refractivity contribution in [1.29, 1.82) is 0 Å². The Balaban J connectivity index is 1.63. The maximum atomic E-state index is 13.5. The lowest BCUT2D eigenvalue weighted by atomic mass is 9.90. The van der Waals surface area contributed by atoms with Crippen LogP contribution in [0.1, 0.15) is 11.6 Å². The maximum absolute atomic E-state index is 13.5. The zero-order valence-corrected chi connectivity index (χ0v) is 18.3. The molecule has 2 aliphatic heterocycles. The van der Waals surface area contributed by atoms with Crippen LogP contribution in [0.15, 0.2) is 72.8 Å². The Morgan fingerprint density at radius 1 is 0.879 bits per heavy atom. The number of nitrogens with zero attached hydrogens (tertiary/aromatic N) is 3. The van der Waals surface area contributed by atoms with Crippen LogP contribution in [0.25, 0.3) is 0 Å². The van der Waals surface area contributed by atoms with E-state index in [0.717, 1.165) is 4.90 Å². The van der Waals surface area contributed by atoms with Gasteiger partial charge in [-0.3, -0.25) is 24.5 Å². The van der Waals surface area contributed by atoms with E-state index in [-0.39, 0.29) is 10.7 Å². The number of non-ortho nitro benzene ring substituents is 1. The molecule has 0 radical (unpaired) electrons. The van der Waals surface area contributed by atoms with E-state index >= 15 is 0 Å². The van der Waals surface area contributed by atoms with Crippen LogP contribution < -0.4 is 9.96 Å². The number of nitro groups is 1. The van der Waals surface area contributed by atoms with Crippen LogP contribution >= 0.6 is 23.2 Å². The van der Waals surface area contributed by atoms with Crippen molar-refractivity contribution in [3.8, 4) is 0 Å². The third kappa shape index (κ3) is 3.52. The molecule has 2 fully saturated rings. The van der Waals surface area contributed by atoms with E-state index < -0.39 is 34.8 Å². The number of para-hydroxylation sites is 1. The van der Waals surface area contributed by atoms with Crippen LogP contribution in [0.3, 0.4) is 0 Å². The molecule has 0 aromatic heterocycles. The van der Waals surface area contributed by atoms with Gasteiger partial charge in [0.1, 0.15) is 5.92 Å². The molecule has 0 aliphatic carbocycles. The maximum Gasteiger partial charge on any atom is 0.271 e. The fourth-order valence-corrected chi connectivity index (χ4v) is 4.79. The number of carbonyl (C=O) groups excluding carboxylic acids is 2. The molecule has 3 atom stereocenters. The van der Waals surface area contributed by atoms with Gasteiger partial charge in [-0.2, -0.15) is 0 Å². The van der Waals surface area contributed by atoms with Crippen LogP contribution in [0, 0.1) is 16.0 Å². The minimum atomic E-state index is -1.12. The SMILES string of the molecule is O=C1[C@H]2[C@H](ON(c3cccc([N+](=O)[O-])c3)[C@@H]2c2ccc(Cl)cc2Cl)C(=O)N1c1ccccc1. The molecular weight excluding hydrogens is 469 g/mol. The van der Waals surface area contributed by atoms with Gasteiger partial charge >= 0.3 is 0 Å². The summed E-state index contributed by atoms with van der Waals surface area (Å²) < 4.78 is 0. The van der Waals surface area contributed by atoms with E-state index in [2.05, 4.69) is 0 Å². The molecule has 33 heavy (non-hydrogen) atoms. The molecule has 2 heterocycles. The summed E-state index contributed by atoms with van der Waals surface area (Å²) in [5, 5.41) is 13.3. The number of rotatable bonds is 4. The van der Waals surface area contributed by atoms with Gasteiger partial charge in [0.05, 0.1) is 22.3 Å². The number of hydrogen-bond donors (Lipinski definition) is 0. The summed E-state index contributed by atoms with van der Waals surface area (Å²) in [5.41, 5.74) is 1.11. The van der Waals surface area contributed by atoms with Gasteiger partial charge in [0.2, 0.25) is 5.91 Å². The van der Waals surface area contributed by atoms with E-state index in [0.29, 0.717) is 22.0 Å². The molecule has 166 valence electrons. The van der Waals surface area contributed by atoms with Crippen molar-refractivity contribution < 1.29 is 19.3 Å². The lowest BCUT2D eigenvalue weighted by molar-refractivity contribution is -0.384. The Morgan fingerprint density at radius 3 is 2.30 bits per heavy atom. The van der Waals surface area contributed by atoms with Crippen LogP contribution in [0.5, 0.6) is 0 Å². The Bertz CT molecular complexity index is 1290. The van der Waals surface area contributed by atoms with Gasteiger partial charge in [-0.1, -0.05) is 53.5 Å². The number of anilines is 2. The van der Waals surface area contributed by atoms with Crippen LogP contribution in [0.2, 0.25) is 10.0 Å². The minimum Gasteiger partial charge on any atom is -0.273 e. The molecule has 0 bridgehead atoms. The van der Waals surface area contributed by atoms with Gasteiger partial charge in [0.15, 0.2) is 6.10 Å². The average Bonchev–Trinajstić information content (AvgIpc) is 3.30. The summed E-state index contributed by atoms with van der Waals surface area (Å²) >= 11 is 12.6. The highest BCUT2D eigenvalue weighted by Gasteiger charge is 2.60. The second-order valence-corrected chi connectivity index (χ2v) is 8.46. The smallest absolute Gasteiger partial charge is 0.271 e. The first-order chi connectivity index (χ1) is 15.9. The number of carbonyl (C=O) groups is 2. The Morgan fingerprint density at radius 2 is 1.61 bits per heavy atom. The number of amides is 2. The van der Waals surface area contributed by atoms with Crippen LogP contribution in [-0.4, -0.2) is 22.8 Å². The van der Waals surface area contributed by atoms with Gasteiger partial charge in [-0.15, -0.1) is 0 Å². The summed E-state index contributed by atoms with van der Waals surface area (Å²) in [6.45, 7) is 0. The van der Waals surface area contributed by atoms with E-state index in [1.807, 2.05) is 0 Å². The predicted octanol–water partition coefficient (Wildman–Crippen LogP) is 4.95. The highest BCUT2D eigenvalue weighted by atomic mass is 35.5. The predicted molar refractivity (Wildman–Crippen MR) is 122 cm³/mol. The molecule has 0 N–H and O–H groups in total. The van der Waals surface area contributed by atoms with Gasteiger partial charge in [0, 0.05) is 22.2 Å². The van der Waals surface area contributed by atoms with Crippen molar-refractivity contribution >= 4 is 52.1 Å². The summed E-state index contributed by atoms with van der Waals surface area (Å²) in [7, 11) is 0. The molecule has 2 saturated heterocycles. The van der Waals surface area contributed by atoms with E-state index in [4.69, 9.17) is 28.0 Å². The molecule has 3 aromatic rings. The number of halogens is 2. The van der Waals surface area contributed by atoms with Gasteiger partial charge in [-0.25, -0.2) is 9.96 Å². The van der Waals surface area contributed by atoms with Crippen molar-refractivity contribution in [2.45, 2.75) is 12.1 Å². The second kappa shape index (κ2) is 8.15. The first-order valence-electron chi connectivity index (χ1n) is 9.95. The first-order valence-corrected chi connectivity index (χ1v) is 10.7. The molecular formula is C23H15Cl2N3O5. The van der Waals surface area contributed by atoms with E-state index in [1.54, 1.807) is 48.5 Å². The Labute approximate surface area is 198 Å². The van der Waals surface area contributed by atoms with Crippen molar-refractivity contribution in [3.05, 3.63) is 98.5 Å². The quantitative estimate of drug-likeness (QED) is 0.296. The van der Waals surface area contributed by atoms with E-state index in [1.165, 1.54) is 29.3 Å². The van der Waals surface area contributed by atoms with Crippen molar-refractivity contribution in [3.63, 3.8) is 0 Å². The zero-order chi connectivity index (χ0) is 23.3. The molecule has 3 aromatic carbocycles. The molecule has 10 heteroatoms. The summed E-state index contributed by atoms with van der Waals surface area (Å²) in [4.78, 5) is 44.7. The standard InChI is InChI=1S/C23H15Cl2N3O5/c24-13-9-10-17(18(25)11-13)20-19-21(23(30)26(22(19)29)14-5-2-1-3-6-14)33-27(20)15-7-4-8-16(12-15)28(31)32/h1-12,19-21H/t19-,20-,21+/m1/s1. The average molecular weight is 484 g/mol. The highest BCUT2D eigenvalue weighted by molar-refractivity contribution is 6.35. The highest BCUT2D eigenvalue weighted by Crippen LogP contribution is 2.49. The zero-order valence-electron chi connectivity index (χ0n) is 16.8. The summed E-state index contributed by atoms with van der Waals surface area (Å²) in [6.07, 6.45) is -1.12. The number of fused-ring (bicyclic) bond motifs is 1. The van der Waals surface area contributed by atoms with Crippen molar-refractivity contribution in [1.82, 2.24) is 0 Å². The minimum absolute atomic E-state index is 0.155. The summed E-state index contributed by atoms with van der Waals surface area (Å²) in [6, 6.07) is 18.4. The lowest BCUT2D eigenvalue weighted by Gasteiger charge is -2.29. The number of nitro benzene ring substituents is 1. The third-order valence-electron chi connectivity index (χ3n) is 5.71. The topological polar surface area (TPSA) is 93.0 Å². The van der Waals surface area contributed by atoms with Crippen molar-refractivity contribution in [2.24, 2.45) is 5.92 Å². The van der Waals surface area contributed by atoms with Gasteiger partial charge < -0.3 is 0 Å². The Hall–Kier alpha value is -3.46. The number of imide groups is 1. The number of hydrogen-bond acceptors (Lipinski definition) is 6. The molecule has 0 saturated carbocycles. The molecule has 0 unspecified atom stereocenters. The largest absolute Gasteiger partial charge is 0.273 e. The fourth-order valence-electron chi connectivity index (χ4n) is 4.27. The van der Waals surface area contributed by atoms with Gasteiger partial charge in [0.25, 0.3) is 11.6 Å². The van der Waals surface area contributed by atoms with Gasteiger partial charge in [-0.05, 0) is 35.9 Å². The fraction of sp³-hybridized carbons (Fsp3) is 0.130. The van der Waals surface area contributed by atoms with Crippen LogP contribution in [0.4, 0.5) is 17.1 Å². The molecule has 2 aliphatic rings. The molecule has 8 nitrogen and oxygen atoms in total. The molecule has 2 amide bonds. The van der Waals surface area contributed by atoms with E-state index in [9.17, 15) is 19.7 Å². The first kappa shape index (κ1) is 21.4. The molecule has 5 rings (SSSR count). The normalized spacial score (nSPS) is 22.1. The van der Waals surface area contributed by atoms with Crippen LogP contribution in [-0.2, 0) is 14.4 Å². The third-order valence-corrected chi connectivity index (χ3v) is 6.27. The number of benzene rings is 3. The lowest BCUT2D eigenvalue weighted by Crippen LogP contribution is -2.37. The monoisotopic (exact) mass is 483 g/mol. The Kier molecular flexibility index (Phi) is 5.28. The number of hydroxylamine groups is 1. The summed E-state index contributed by atoms with van der Waals surface area (Å²) in [5.74, 6) is -1.88.